The maximum Gasteiger partial charge on any atom is 0.0619 e. The largest absolute Gasteiger partial charge is 0.310 e. The van der Waals surface area contributed by atoms with Crippen LogP contribution in [0, 0.1) is 0 Å². The minimum Gasteiger partial charge on any atom is -0.310 e. The van der Waals surface area contributed by atoms with E-state index in [0.29, 0.717) is 0 Å². The molecule has 3 heteroatoms. The molecule has 3 aliphatic rings. The molecule has 0 saturated carbocycles. The molecule has 0 radical (unpaired) electrons. The van der Waals surface area contributed by atoms with Crippen LogP contribution in [0.15, 0.2) is 334 Å². The summed E-state index contributed by atoms with van der Waals surface area (Å²) in [6, 6.07) is 125. The molecule has 0 saturated heterocycles. The van der Waals surface area contributed by atoms with Crippen LogP contribution in [0.1, 0.15) is 74.9 Å². The second-order valence-corrected chi connectivity index (χ2v) is 29.2. The van der Waals surface area contributed by atoms with Gasteiger partial charge in [0.2, 0.25) is 0 Å². The van der Waals surface area contributed by atoms with Gasteiger partial charge in [-0.05, 0) is 208 Å². The predicted molar refractivity (Wildman–Crippen MR) is 420 cm³/mol. The van der Waals surface area contributed by atoms with E-state index in [2.05, 4.69) is 389 Å². The van der Waals surface area contributed by atoms with Crippen molar-refractivity contribution in [1.29, 1.82) is 0 Å². The van der Waals surface area contributed by atoms with Crippen molar-refractivity contribution < 1.29 is 0 Å². The van der Waals surface area contributed by atoms with E-state index in [9.17, 15) is 0 Å². The zero-order chi connectivity index (χ0) is 67.2. The van der Waals surface area contributed by atoms with Crippen molar-refractivity contribution in [3.05, 3.63) is 367 Å². The highest BCUT2D eigenvalue weighted by atomic mass is 15.1. The zero-order valence-corrected chi connectivity index (χ0v) is 57.1. The lowest BCUT2D eigenvalue weighted by atomic mass is 9.81. The second kappa shape index (κ2) is 22.5. The van der Waals surface area contributed by atoms with Crippen LogP contribution in [-0.4, -0.2) is 9.13 Å². The van der Waals surface area contributed by atoms with E-state index < -0.39 is 0 Å². The standard InChI is InChI=1S/C97H73N3/c1-95(2)83-40-26-25-39-75(83)76-54-51-74(57-86(76)95)98(72-47-41-62(42-48-72)68-45-52-77-79-58-81-89(60-87(79)96(3,4)84(77)55-68)99(70-35-21-11-22-36-70)93(66-31-17-9-18-32-66)91(81)64-27-13-7-14-28-64)73-49-43-63(44-50-73)69-46-53-78-80-59-82-90(61-88(80)97(5,6)85(78)56-69)100(71-37-23-12-24-38-71)94(67-33-19-10-20-34-67)92(82)65-29-15-8-16-30-65/h7-61H,1-6H3. The molecule has 16 aromatic rings. The first-order valence-electron chi connectivity index (χ1n) is 35.2. The number of fused-ring (bicyclic) bond motifs is 11. The van der Waals surface area contributed by atoms with Crippen molar-refractivity contribution in [3.63, 3.8) is 0 Å². The van der Waals surface area contributed by atoms with E-state index in [1.165, 1.54) is 156 Å². The molecule has 3 aliphatic carbocycles. The zero-order valence-electron chi connectivity index (χ0n) is 57.1. The summed E-state index contributed by atoms with van der Waals surface area (Å²) < 4.78 is 4.99. The maximum absolute atomic E-state index is 2.50. The fourth-order valence-electron chi connectivity index (χ4n) is 17.5. The Kier molecular flexibility index (Phi) is 13.3. The van der Waals surface area contributed by atoms with Gasteiger partial charge in [-0.15, -0.1) is 0 Å². The van der Waals surface area contributed by atoms with Gasteiger partial charge in [0.15, 0.2) is 0 Å². The van der Waals surface area contributed by atoms with Gasteiger partial charge in [0, 0.05) is 66.6 Å². The van der Waals surface area contributed by atoms with Crippen molar-refractivity contribution >= 4 is 38.9 Å². The molecule has 2 heterocycles. The lowest BCUT2D eigenvalue weighted by Crippen LogP contribution is -2.16. The molecule has 19 rings (SSSR count). The highest BCUT2D eigenvalue weighted by molar-refractivity contribution is 6.10. The number of hydrogen-bond donors (Lipinski definition) is 0. The van der Waals surface area contributed by atoms with Crippen molar-refractivity contribution in [2.45, 2.75) is 57.8 Å². The molecule has 3 nitrogen and oxygen atoms in total. The van der Waals surface area contributed by atoms with Crippen LogP contribution in [0.2, 0.25) is 0 Å². The number of hydrogen-bond acceptors (Lipinski definition) is 1. The first kappa shape index (κ1) is 59.2. The molecular formula is C97H73N3. The summed E-state index contributed by atoms with van der Waals surface area (Å²) in [5.74, 6) is 0. The molecule has 0 aliphatic heterocycles. The smallest absolute Gasteiger partial charge is 0.0619 e. The lowest BCUT2D eigenvalue weighted by Gasteiger charge is -2.28. The first-order valence-corrected chi connectivity index (χ1v) is 35.2. The van der Waals surface area contributed by atoms with Crippen LogP contribution < -0.4 is 4.90 Å². The fraction of sp³-hybridized carbons (Fsp3) is 0.0928. The Morgan fingerprint density at radius 1 is 0.220 bits per heavy atom. The average Bonchev–Trinajstić information content (AvgIpc) is 1.55. The Bertz CT molecular complexity index is 5600. The average molecular weight is 1280 g/mol. The molecule has 0 bridgehead atoms. The van der Waals surface area contributed by atoms with Crippen molar-refractivity contribution in [3.8, 4) is 112 Å². The number of aromatic nitrogens is 2. The SMILES string of the molecule is CC1(C)c2ccccc2-c2ccc(N(c3ccc(-c4ccc5c(c4)C(C)(C)c4cc6c(cc4-5)c(-c4ccccc4)c(-c4ccccc4)n6-c4ccccc4)cc3)c3ccc(-c4ccc5c(c4)C(C)(C)c4cc6c(cc4-5)c(-c4ccccc4)c(-c4ccccc4)n6-c4ccccc4)cc3)cc21. The molecule has 0 atom stereocenters. The van der Waals surface area contributed by atoms with Crippen LogP contribution in [0.25, 0.3) is 134 Å². The number of nitrogens with zero attached hydrogens (tertiary/aromatic N) is 3. The minimum absolute atomic E-state index is 0.163. The minimum atomic E-state index is -0.268. The van der Waals surface area contributed by atoms with E-state index in [-0.39, 0.29) is 16.2 Å². The van der Waals surface area contributed by atoms with Gasteiger partial charge < -0.3 is 14.0 Å². The van der Waals surface area contributed by atoms with Gasteiger partial charge in [0.25, 0.3) is 0 Å². The summed E-state index contributed by atoms with van der Waals surface area (Å²) in [7, 11) is 0. The van der Waals surface area contributed by atoms with E-state index in [1.807, 2.05) is 0 Å². The van der Waals surface area contributed by atoms with Crippen molar-refractivity contribution in [2.24, 2.45) is 0 Å². The van der Waals surface area contributed by atoms with Crippen LogP contribution in [0.3, 0.4) is 0 Å². The molecule has 0 fully saturated rings. The van der Waals surface area contributed by atoms with E-state index in [4.69, 9.17) is 0 Å². The predicted octanol–water partition coefficient (Wildman–Crippen LogP) is 26.0. The van der Waals surface area contributed by atoms with Gasteiger partial charge >= 0.3 is 0 Å². The quantitative estimate of drug-likeness (QED) is 0.126. The van der Waals surface area contributed by atoms with E-state index >= 15 is 0 Å². The van der Waals surface area contributed by atoms with E-state index in [0.717, 1.165) is 28.4 Å². The normalized spacial score (nSPS) is 13.9. The molecule has 2 aromatic heterocycles. The first-order chi connectivity index (χ1) is 48.9. The van der Waals surface area contributed by atoms with Gasteiger partial charge in [-0.2, -0.15) is 0 Å². The number of anilines is 3. The summed E-state index contributed by atoms with van der Waals surface area (Å²) in [6.45, 7) is 14.4. The van der Waals surface area contributed by atoms with Crippen LogP contribution in [0.5, 0.6) is 0 Å². The van der Waals surface area contributed by atoms with Gasteiger partial charge in [-0.3, -0.25) is 0 Å². The van der Waals surface area contributed by atoms with Gasteiger partial charge in [0.05, 0.1) is 22.4 Å². The molecule has 14 aromatic carbocycles. The summed E-state index contributed by atoms with van der Waals surface area (Å²) in [4.78, 5) is 2.45. The third-order valence-electron chi connectivity index (χ3n) is 22.5. The third kappa shape index (κ3) is 9.04. The molecule has 0 unspecified atom stereocenters. The topological polar surface area (TPSA) is 13.1 Å². The highest BCUT2D eigenvalue weighted by Crippen LogP contribution is 2.57. The van der Waals surface area contributed by atoms with Crippen LogP contribution in [0.4, 0.5) is 17.1 Å². The number of para-hydroxylation sites is 2. The number of benzene rings is 14. The van der Waals surface area contributed by atoms with E-state index in [1.54, 1.807) is 0 Å². The third-order valence-corrected chi connectivity index (χ3v) is 22.5. The summed E-state index contributed by atoms with van der Waals surface area (Å²) in [5, 5.41) is 2.50. The lowest BCUT2D eigenvalue weighted by molar-refractivity contribution is 0.660. The van der Waals surface area contributed by atoms with Gasteiger partial charge in [-0.25, -0.2) is 0 Å². The molecule has 476 valence electrons. The summed E-state index contributed by atoms with van der Waals surface area (Å²) in [6.07, 6.45) is 0. The summed E-state index contributed by atoms with van der Waals surface area (Å²) >= 11 is 0. The molecule has 0 spiro atoms. The Labute approximate surface area is 585 Å². The molecule has 0 amide bonds. The van der Waals surface area contributed by atoms with Gasteiger partial charge in [-0.1, -0.05) is 278 Å². The van der Waals surface area contributed by atoms with Gasteiger partial charge in [0.1, 0.15) is 0 Å². The highest BCUT2D eigenvalue weighted by Gasteiger charge is 2.41. The van der Waals surface area contributed by atoms with Crippen molar-refractivity contribution in [2.75, 3.05) is 4.90 Å². The fourth-order valence-corrected chi connectivity index (χ4v) is 17.5. The molecule has 0 N–H and O–H groups in total. The maximum atomic E-state index is 2.50. The molecular weight excluding hydrogens is 1210 g/mol. The van der Waals surface area contributed by atoms with Crippen molar-refractivity contribution in [1.82, 2.24) is 9.13 Å². The Morgan fingerprint density at radius 3 is 0.960 bits per heavy atom. The Balaban J connectivity index is 0.692. The second-order valence-electron chi connectivity index (χ2n) is 29.2. The van der Waals surface area contributed by atoms with Crippen LogP contribution in [-0.2, 0) is 16.2 Å². The number of rotatable bonds is 11. The Morgan fingerprint density at radius 2 is 0.530 bits per heavy atom. The Hall–Kier alpha value is -12.0. The van der Waals surface area contributed by atoms with Crippen LogP contribution >= 0.6 is 0 Å². The monoisotopic (exact) mass is 1280 g/mol. The molecule has 100 heavy (non-hydrogen) atoms. The summed E-state index contributed by atoms with van der Waals surface area (Å²) in [5.41, 5.74) is 37.8.